The zero-order chi connectivity index (χ0) is 16.1. The summed E-state index contributed by atoms with van der Waals surface area (Å²) in [5, 5.41) is 14.9. The van der Waals surface area contributed by atoms with E-state index in [1.54, 1.807) is 11.3 Å². The van der Waals surface area contributed by atoms with Crippen LogP contribution in [0.5, 0.6) is 0 Å². The maximum absolute atomic E-state index is 9.32. The summed E-state index contributed by atoms with van der Waals surface area (Å²) in [4.78, 5) is 5.71. The molecule has 1 aromatic carbocycles. The standard InChI is InChI=1S/C18H21N3OS/c1-14-19-12-16(21(14)15-6-3-2-4-7-15)13-20-17(9-10-22)18-8-5-11-23-18/h2-8,11-12,17,20,22H,9-10,13H2,1H3. The van der Waals surface area contributed by atoms with Crippen LogP contribution in [0, 0.1) is 6.92 Å². The van der Waals surface area contributed by atoms with Crippen LogP contribution in [0.3, 0.4) is 0 Å². The number of aliphatic hydroxyl groups is 1. The molecule has 0 saturated heterocycles. The van der Waals surface area contributed by atoms with Crippen LogP contribution in [0.1, 0.15) is 28.9 Å². The summed E-state index contributed by atoms with van der Waals surface area (Å²) in [7, 11) is 0. The normalized spacial score (nSPS) is 12.4. The lowest BCUT2D eigenvalue weighted by atomic mass is 10.1. The number of rotatable bonds is 7. The van der Waals surface area contributed by atoms with Gasteiger partial charge in [0.05, 0.1) is 11.9 Å². The molecule has 5 heteroatoms. The van der Waals surface area contributed by atoms with Crippen molar-refractivity contribution in [2.45, 2.75) is 25.9 Å². The van der Waals surface area contributed by atoms with Crippen LogP contribution in [0.25, 0.3) is 5.69 Å². The zero-order valence-electron chi connectivity index (χ0n) is 13.1. The largest absolute Gasteiger partial charge is 0.396 e. The van der Waals surface area contributed by atoms with Crippen molar-refractivity contribution in [2.24, 2.45) is 0 Å². The van der Waals surface area contributed by atoms with Gasteiger partial charge >= 0.3 is 0 Å². The topological polar surface area (TPSA) is 50.1 Å². The molecule has 2 heterocycles. The van der Waals surface area contributed by atoms with Crippen molar-refractivity contribution < 1.29 is 5.11 Å². The molecule has 0 amide bonds. The van der Waals surface area contributed by atoms with Crippen molar-refractivity contribution in [3.05, 3.63) is 70.4 Å². The SMILES string of the molecule is Cc1ncc(CNC(CCO)c2cccs2)n1-c1ccccc1. The van der Waals surface area contributed by atoms with Crippen LogP contribution in [-0.2, 0) is 6.54 Å². The van der Waals surface area contributed by atoms with E-state index in [1.807, 2.05) is 37.4 Å². The predicted molar refractivity (Wildman–Crippen MR) is 93.9 cm³/mol. The monoisotopic (exact) mass is 327 g/mol. The van der Waals surface area contributed by atoms with Crippen molar-refractivity contribution in [3.8, 4) is 5.69 Å². The van der Waals surface area contributed by atoms with Gasteiger partial charge in [0.25, 0.3) is 0 Å². The number of nitrogens with zero attached hydrogens (tertiary/aromatic N) is 2. The molecular formula is C18H21N3OS. The number of hydrogen-bond acceptors (Lipinski definition) is 4. The first kappa shape index (κ1) is 15.9. The van der Waals surface area contributed by atoms with Gasteiger partial charge in [-0.15, -0.1) is 11.3 Å². The van der Waals surface area contributed by atoms with Gasteiger partial charge in [-0.05, 0) is 36.9 Å². The second-order valence-electron chi connectivity index (χ2n) is 5.43. The van der Waals surface area contributed by atoms with Gasteiger partial charge in [0.1, 0.15) is 5.82 Å². The van der Waals surface area contributed by atoms with E-state index in [1.165, 1.54) is 4.88 Å². The first-order valence-corrected chi connectivity index (χ1v) is 8.64. The molecule has 120 valence electrons. The van der Waals surface area contributed by atoms with E-state index < -0.39 is 0 Å². The van der Waals surface area contributed by atoms with Crippen molar-refractivity contribution >= 4 is 11.3 Å². The van der Waals surface area contributed by atoms with Crippen molar-refractivity contribution in [2.75, 3.05) is 6.61 Å². The molecule has 3 rings (SSSR count). The van der Waals surface area contributed by atoms with Gasteiger partial charge in [0, 0.05) is 29.8 Å². The van der Waals surface area contributed by atoms with Crippen LogP contribution in [0.2, 0.25) is 0 Å². The Balaban J connectivity index is 1.78. The molecule has 2 N–H and O–H groups in total. The lowest BCUT2D eigenvalue weighted by molar-refractivity contribution is 0.265. The Morgan fingerprint density at radius 1 is 1.22 bits per heavy atom. The van der Waals surface area contributed by atoms with Crippen LogP contribution < -0.4 is 5.32 Å². The summed E-state index contributed by atoms with van der Waals surface area (Å²) in [6.45, 7) is 2.89. The zero-order valence-corrected chi connectivity index (χ0v) is 14.0. The van der Waals surface area contributed by atoms with E-state index >= 15 is 0 Å². The molecule has 0 radical (unpaired) electrons. The summed E-state index contributed by atoms with van der Waals surface area (Å²) in [6.07, 6.45) is 2.62. The molecule has 0 aliphatic carbocycles. The third-order valence-electron chi connectivity index (χ3n) is 3.86. The highest BCUT2D eigenvalue weighted by Crippen LogP contribution is 2.23. The number of imidazole rings is 1. The minimum Gasteiger partial charge on any atom is -0.396 e. The van der Waals surface area contributed by atoms with Gasteiger partial charge in [-0.1, -0.05) is 24.3 Å². The van der Waals surface area contributed by atoms with E-state index in [4.69, 9.17) is 0 Å². The van der Waals surface area contributed by atoms with E-state index in [-0.39, 0.29) is 12.6 Å². The van der Waals surface area contributed by atoms with Gasteiger partial charge in [-0.25, -0.2) is 4.98 Å². The Morgan fingerprint density at radius 2 is 2.04 bits per heavy atom. The van der Waals surface area contributed by atoms with E-state index in [0.29, 0.717) is 13.0 Å². The Bertz CT molecular complexity index is 722. The molecule has 0 bridgehead atoms. The van der Waals surface area contributed by atoms with Gasteiger partial charge in [0.15, 0.2) is 0 Å². The van der Waals surface area contributed by atoms with Crippen LogP contribution >= 0.6 is 11.3 Å². The van der Waals surface area contributed by atoms with Crippen LogP contribution in [-0.4, -0.2) is 21.3 Å². The maximum Gasteiger partial charge on any atom is 0.110 e. The fourth-order valence-electron chi connectivity index (χ4n) is 2.74. The van der Waals surface area contributed by atoms with Crippen LogP contribution in [0.15, 0.2) is 54.0 Å². The third-order valence-corrected chi connectivity index (χ3v) is 4.85. The van der Waals surface area contributed by atoms with Gasteiger partial charge in [0.2, 0.25) is 0 Å². The van der Waals surface area contributed by atoms with Gasteiger partial charge in [-0.3, -0.25) is 4.57 Å². The second-order valence-corrected chi connectivity index (χ2v) is 6.41. The first-order chi connectivity index (χ1) is 11.3. The van der Waals surface area contributed by atoms with E-state index in [0.717, 1.165) is 17.2 Å². The number of aryl methyl sites for hydroxylation is 1. The number of nitrogens with one attached hydrogen (secondary N) is 1. The fraction of sp³-hybridized carbons (Fsp3) is 0.278. The van der Waals surface area contributed by atoms with E-state index in [9.17, 15) is 5.11 Å². The number of aliphatic hydroxyl groups excluding tert-OH is 1. The highest BCUT2D eigenvalue weighted by molar-refractivity contribution is 7.10. The number of benzene rings is 1. The lowest BCUT2D eigenvalue weighted by Crippen LogP contribution is -2.22. The number of para-hydroxylation sites is 1. The van der Waals surface area contributed by atoms with Crippen molar-refractivity contribution in [1.82, 2.24) is 14.9 Å². The number of hydrogen-bond donors (Lipinski definition) is 2. The van der Waals surface area contributed by atoms with Crippen LogP contribution in [0.4, 0.5) is 0 Å². The Hall–Kier alpha value is -1.95. The molecule has 23 heavy (non-hydrogen) atoms. The maximum atomic E-state index is 9.32. The molecule has 4 nitrogen and oxygen atoms in total. The lowest BCUT2D eigenvalue weighted by Gasteiger charge is -2.17. The summed E-state index contributed by atoms with van der Waals surface area (Å²) < 4.78 is 2.16. The third kappa shape index (κ3) is 3.69. The molecule has 0 aliphatic rings. The first-order valence-electron chi connectivity index (χ1n) is 7.76. The van der Waals surface area contributed by atoms with Gasteiger partial charge in [-0.2, -0.15) is 0 Å². The molecule has 1 unspecified atom stereocenters. The Morgan fingerprint density at radius 3 is 2.74 bits per heavy atom. The minimum absolute atomic E-state index is 0.166. The number of thiophene rings is 1. The molecular weight excluding hydrogens is 306 g/mol. The quantitative estimate of drug-likeness (QED) is 0.699. The molecule has 0 spiro atoms. The highest BCUT2D eigenvalue weighted by atomic mass is 32.1. The molecule has 2 aromatic heterocycles. The molecule has 0 fully saturated rings. The summed E-state index contributed by atoms with van der Waals surface area (Å²) in [5.41, 5.74) is 2.24. The Kier molecular flexibility index (Phi) is 5.23. The predicted octanol–water partition coefficient (Wildman–Crippen LogP) is 3.46. The average Bonchev–Trinajstić information content (AvgIpc) is 3.22. The van der Waals surface area contributed by atoms with Crippen molar-refractivity contribution in [3.63, 3.8) is 0 Å². The average molecular weight is 327 g/mol. The minimum atomic E-state index is 0.166. The summed E-state index contributed by atoms with van der Waals surface area (Å²) >= 11 is 1.72. The highest BCUT2D eigenvalue weighted by Gasteiger charge is 2.14. The smallest absolute Gasteiger partial charge is 0.110 e. The van der Waals surface area contributed by atoms with Gasteiger partial charge < -0.3 is 10.4 Å². The molecule has 1 atom stereocenters. The Labute approximate surface area is 140 Å². The van der Waals surface area contributed by atoms with E-state index in [2.05, 4.69) is 38.4 Å². The fourth-order valence-corrected chi connectivity index (χ4v) is 3.57. The molecule has 0 aliphatic heterocycles. The summed E-state index contributed by atoms with van der Waals surface area (Å²) in [6, 6.07) is 14.6. The second kappa shape index (κ2) is 7.55. The molecule has 0 saturated carbocycles. The number of aromatic nitrogens is 2. The van der Waals surface area contributed by atoms with Crippen molar-refractivity contribution in [1.29, 1.82) is 0 Å². The summed E-state index contributed by atoms with van der Waals surface area (Å²) in [5.74, 6) is 0.975. The molecule has 3 aromatic rings.